The molecule has 1 unspecified atom stereocenters. The molecule has 0 saturated carbocycles. The van der Waals surface area contributed by atoms with Crippen molar-refractivity contribution in [1.29, 1.82) is 0 Å². The van der Waals surface area contributed by atoms with Gasteiger partial charge >= 0.3 is 6.03 Å². The van der Waals surface area contributed by atoms with E-state index < -0.39 is 0 Å². The molecular formula is C21H25ClN4O2. The number of amides is 3. The van der Waals surface area contributed by atoms with Gasteiger partial charge in [-0.1, -0.05) is 35.9 Å². The topological polar surface area (TPSA) is 64.7 Å². The number of piperazine rings is 1. The second-order valence-electron chi connectivity index (χ2n) is 7.20. The Balaban J connectivity index is 1.50. The van der Waals surface area contributed by atoms with Crippen molar-refractivity contribution in [3.8, 4) is 0 Å². The quantitative estimate of drug-likeness (QED) is 0.809. The van der Waals surface area contributed by atoms with Crippen LogP contribution in [0.2, 0.25) is 5.02 Å². The number of nitrogens with zero attached hydrogens (tertiary/aromatic N) is 2. The van der Waals surface area contributed by atoms with Crippen LogP contribution < -0.4 is 10.6 Å². The van der Waals surface area contributed by atoms with Crippen LogP contribution in [0.4, 0.5) is 10.5 Å². The Labute approximate surface area is 170 Å². The minimum atomic E-state index is -0.273. The van der Waals surface area contributed by atoms with Gasteiger partial charge in [-0.2, -0.15) is 0 Å². The van der Waals surface area contributed by atoms with E-state index >= 15 is 0 Å². The van der Waals surface area contributed by atoms with Crippen molar-refractivity contribution in [1.82, 2.24) is 15.1 Å². The van der Waals surface area contributed by atoms with Crippen molar-refractivity contribution >= 4 is 29.2 Å². The average molecular weight is 401 g/mol. The molecule has 1 aliphatic rings. The fourth-order valence-corrected chi connectivity index (χ4v) is 3.40. The molecule has 3 amide bonds. The van der Waals surface area contributed by atoms with Crippen LogP contribution in [-0.4, -0.2) is 47.9 Å². The molecule has 1 atom stereocenters. The summed E-state index contributed by atoms with van der Waals surface area (Å²) < 4.78 is 0. The van der Waals surface area contributed by atoms with Crippen molar-refractivity contribution in [2.24, 2.45) is 0 Å². The zero-order valence-corrected chi connectivity index (χ0v) is 16.9. The molecule has 1 fully saturated rings. The molecule has 1 aliphatic heterocycles. The fraction of sp³-hybridized carbons (Fsp3) is 0.333. The van der Waals surface area contributed by atoms with E-state index in [0.29, 0.717) is 30.3 Å². The first-order chi connectivity index (χ1) is 13.4. The van der Waals surface area contributed by atoms with Crippen LogP contribution in [0, 0.1) is 0 Å². The third-order valence-electron chi connectivity index (χ3n) is 4.76. The normalized spacial score (nSPS) is 17.5. The Kier molecular flexibility index (Phi) is 6.54. The number of carbonyl (C=O) groups excluding carboxylic acids is 2. The van der Waals surface area contributed by atoms with E-state index in [1.54, 1.807) is 12.1 Å². The average Bonchev–Trinajstić information content (AvgIpc) is 2.65. The lowest BCUT2D eigenvalue weighted by Gasteiger charge is -2.38. The Bertz CT molecular complexity index is 823. The van der Waals surface area contributed by atoms with Crippen LogP contribution in [0.5, 0.6) is 0 Å². The summed E-state index contributed by atoms with van der Waals surface area (Å²) >= 11 is 5.85. The molecule has 7 heteroatoms. The van der Waals surface area contributed by atoms with Crippen LogP contribution in [0.15, 0.2) is 48.5 Å². The largest absolute Gasteiger partial charge is 0.334 e. The lowest BCUT2D eigenvalue weighted by molar-refractivity contribution is -0.139. The maximum atomic E-state index is 12.3. The summed E-state index contributed by atoms with van der Waals surface area (Å²) in [4.78, 5) is 28.3. The molecule has 28 heavy (non-hydrogen) atoms. The molecule has 2 aromatic rings. The van der Waals surface area contributed by atoms with Gasteiger partial charge in [0.05, 0.1) is 6.54 Å². The number of nitrogens with one attached hydrogen (secondary N) is 2. The van der Waals surface area contributed by atoms with Crippen LogP contribution in [0.25, 0.3) is 0 Å². The van der Waals surface area contributed by atoms with Gasteiger partial charge in [0, 0.05) is 36.4 Å². The van der Waals surface area contributed by atoms with Crippen molar-refractivity contribution in [2.45, 2.75) is 26.1 Å². The van der Waals surface area contributed by atoms with Gasteiger partial charge < -0.3 is 15.5 Å². The van der Waals surface area contributed by atoms with Gasteiger partial charge in [-0.05, 0) is 49.4 Å². The predicted molar refractivity (Wildman–Crippen MR) is 111 cm³/mol. The van der Waals surface area contributed by atoms with Gasteiger partial charge in [0.1, 0.15) is 0 Å². The van der Waals surface area contributed by atoms with Crippen molar-refractivity contribution < 1.29 is 9.59 Å². The minimum Gasteiger partial charge on any atom is -0.334 e. The zero-order chi connectivity index (χ0) is 20.1. The summed E-state index contributed by atoms with van der Waals surface area (Å²) in [5, 5.41) is 6.29. The van der Waals surface area contributed by atoms with E-state index in [4.69, 9.17) is 11.6 Å². The lowest BCUT2D eigenvalue weighted by atomic mass is 10.1. The number of hydrogen-bond acceptors (Lipinski definition) is 3. The van der Waals surface area contributed by atoms with E-state index in [-0.39, 0.29) is 18.0 Å². The number of anilines is 1. The monoisotopic (exact) mass is 400 g/mol. The van der Waals surface area contributed by atoms with Gasteiger partial charge in [0.15, 0.2) is 0 Å². The van der Waals surface area contributed by atoms with E-state index in [1.807, 2.05) is 53.2 Å². The third-order valence-corrected chi connectivity index (χ3v) is 5.02. The molecule has 6 nitrogen and oxygen atoms in total. The Morgan fingerprint density at radius 2 is 1.75 bits per heavy atom. The van der Waals surface area contributed by atoms with Gasteiger partial charge in [-0.15, -0.1) is 0 Å². The van der Waals surface area contributed by atoms with E-state index in [2.05, 4.69) is 17.6 Å². The van der Waals surface area contributed by atoms with Crippen molar-refractivity contribution in [3.63, 3.8) is 0 Å². The maximum absolute atomic E-state index is 12.3. The summed E-state index contributed by atoms with van der Waals surface area (Å²) in [5.41, 5.74) is 2.72. The van der Waals surface area contributed by atoms with Gasteiger partial charge in [0.25, 0.3) is 0 Å². The van der Waals surface area contributed by atoms with Crippen LogP contribution >= 0.6 is 11.6 Å². The summed E-state index contributed by atoms with van der Waals surface area (Å²) in [7, 11) is 1.96. The summed E-state index contributed by atoms with van der Waals surface area (Å²) in [6, 6.07) is 14.8. The molecule has 0 aliphatic carbocycles. The van der Waals surface area contributed by atoms with Gasteiger partial charge in [0.2, 0.25) is 5.91 Å². The number of hydrogen-bond donors (Lipinski definition) is 2. The molecule has 2 aromatic carbocycles. The van der Waals surface area contributed by atoms with Crippen molar-refractivity contribution in [3.05, 3.63) is 64.7 Å². The Morgan fingerprint density at radius 1 is 1.11 bits per heavy atom. The molecule has 0 bridgehead atoms. The Hall–Kier alpha value is -2.57. The lowest BCUT2D eigenvalue weighted by Crippen LogP contribution is -2.53. The van der Waals surface area contributed by atoms with Gasteiger partial charge in [-0.25, -0.2) is 4.79 Å². The molecule has 0 aromatic heterocycles. The highest BCUT2D eigenvalue weighted by Crippen LogP contribution is 2.16. The number of carbonyl (C=O) groups is 2. The highest BCUT2D eigenvalue weighted by atomic mass is 35.5. The molecule has 3 rings (SSSR count). The SMILES string of the molecule is CC1CN(C)CC(=O)N1Cc1ccc(NC(=O)NCc2ccc(Cl)cc2)cc1. The molecule has 1 saturated heterocycles. The molecule has 2 N–H and O–H groups in total. The van der Waals surface area contributed by atoms with Gasteiger partial charge in [-0.3, -0.25) is 9.69 Å². The number of benzene rings is 2. The molecule has 148 valence electrons. The number of likely N-dealkylation sites (N-methyl/N-ethyl adjacent to an activating group) is 1. The third kappa shape index (κ3) is 5.47. The van der Waals surface area contributed by atoms with E-state index in [0.717, 1.165) is 17.7 Å². The van der Waals surface area contributed by atoms with E-state index in [9.17, 15) is 9.59 Å². The number of rotatable bonds is 5. The molecule has 1 heterocycles. The predicted octanol–water partition coefficient (Wildman–Crippen LogP) is 3.32. The Morgan fingerprint density at radius 3 is 2.39 bits per heavy atom. The van der Waals surface area contributed by atoms with Crippen LogP contribution in [-0.2, 0) is 17.9 Å². The molecule has 0 radical (unpaired) electrons. The standard InChI is InChI=1S/C21H25ClN4O2/c1-15-12-25(2)14-20(27)26(15)13-17-5-9-19(10-6-17)24-21(28)23-11-16-3-7-18(22)8-4-16/h3-10,15H,11-14H2,1-2H3,(H2,23,24,28). The first-order valence-corrected chi connectivity index (χ1v) is 9.65. The highest BCUT2D eigenvalue weighted by Gasteiger charge is 2.27. The maximum Gasteiger partial charge on any atom is 0.319 e. The zero-order valence-electron chi connectivity index (χ0n) is 16.1. The second kappa shape index (κ2) is 9.08. The van der Waals surface area contributed by atoms with Crippen LogP contribution in [0.3, 0.4) is 0 Å². The fourth-order valence-electron chi connectivity index (χ4n) is 3.28. The first kappa shape index (κ1) is 20.2. The number of urea groups is 1. The van der Waals surface area contributed by atoms with Crippen LogP contribution in [0.1, 0.15) is 18.1 Å². The summed E-state index contributed by atoms with van der Waals surface area (Å²) in [6.45, 7) is 4.40. The van der Waals surface area contributed by atoms with Crippen molar-refractivity contribution in [2.75, 3.05) is 25.5 Å². The second-order valence-corrected chi connectivity index (χ2v) is 7.63. The number of halogens is 1. The smallest absolute Gasteiger partial charge is 0.319 e. The minimum absolute atomic E-state index is 0.144. The van der Waals surface area contributed by atoms with E-state index in [1.165, 1.54) is 0 Å². The summed E-state index contributed by atoms with van der Waals surface area (Å²) in [6.07, 6.45) is 0. The summed E-state index contributed by atoms with van der Waals surface area (Å²) in [5.74, 6) is 0.144. The first-order valence-electron chi connectivity index (χ1n) is 9.27. The highest BCUT2D eigenvalue weighted by molar-refractivity contribution is 6.30. The molecular weight excluding hydrogens is 376 g/mol. The molecule has 0 spiro atoms.